The van der Waals surface area contributed by atoms with Gasteiger partial charge in [-0.2, -0.15) is 0 Å². The zero-order chi connectivity index (χ0) is 9.80. The van der Waals surface area contributed by atoms with Crippen LogP contribution in [0.15, 0.2) is 24.5 Å². The molecule has 0 radical (unpaired) electrons. The van der Waals surface area contributed by atoms with E-state index in [1.165, 1.54) is 0 Å². The molecule has 1 heterocycles. The van der Waals surface area contributed by atoms with Crippen LogP contribution < -0.4 is 10.1 Å². The van der Waals surface area contributed by atoms with Crippen molar-refractivity contribution < 1.29 is 4.74 Å². The van der Waals surface area contributed by atoms with E-state index in [4.69, 9.17) is 4.74 Å². The van der Waals surface area contributed by atoms with Gasteiger partial charge in [-0.1, -0.05) is 6.92 Å². The maximum Gasteiger partial charge on any atom is 0.137 e. The molecule has 0 saturated heterocycles. The number of nitrogens with zero attached hydrogens (tertiary/aromatic N) is 1. The second-order valence-corrected chi connectivity index (χ2v) is 3.65. The number of aromatic nitrogens is 1. The first-order chi connectivity index (χ1) is 6.88. The van der Waals surface area contributed by atoms with Crippen molar-refractivity contribution in [2.45, 2.75) is 31.9 Å². The summed E-state index contributed by atoms with van der Waals surface area (Å²) in [5, 5.41) is 3.40. The molecular weight excluding hydrogens is 176 g/mol. The highest BCUT2D eigenvalue weighted by atomic mass is 16.5. The molecule has 3 heteroatoms. The van der Waals surface area contributed by atoms with Gasteiger partial charge in [0.15, 0.2) is 0 Å². The average Bonchev–Trinajstić information content (AvgIpc) is 2.16. The highest BCUT2D eigenvalue weighted by Crippen LogP contribution is 2.25. The summed E-state index contributed by atoms with van der Waals surface area (Å²) < 4.78 is 5.72. The fraction of sp³-hybridized carbons (Fsp3) is 0.545. The van der Waals surface area contributed by atoms with Gasteiger partial charge >= 0.3 is 0 Å². The van der Waals surface area contributed by atoms with Crippen LogP contribution in [0.5, 0.6) is 5.75 Å². The number of hydrogen-bond acceptors (Lipinski definition) is 3. The lowest BCUT2D eigenvalue weighted by atomic mass is 9.89. The molecular formula is C11H16N2O. The second-order valence-electron chi connectivity index (χ2n) is 3.65. The van der Waals surface area contributed by atoms with Crippen LogP contribution in [0, 0.1) is 0 Å². The molecule has 1 aromatic heterocycles. The van der Waals surface area contributed by atoms with Crippen molar-refractivity contribution in [2.24, 2.45) is 0 Å². The maximum atomic E-state index is 5.72. The Balaban J connectivity index is 1.74. The van der Waals surface area contributed by atoms with Gasteiger partial charge < -0.3 is 10.1 Å². The van der Waals surface area contributed by atoms with E-state index in [2.05, 4.69) is 17.2 Å². The Morgan fingerprint density at radius 2 is 2.43 bits per heavy atom. The van der Waals surface area contributed by atoms with Crippen LogP contribution in [-0.2, 0) is 0 Å². The topological polar surface area (TPSA) is 34.1 Å². The van der Waals surface area contributed by atoms with E-state index in [0.29, 0.717) is 12.1 Å². The smallest absolute Gasteiger partial charge is 0.137 e. The summed E-state index contributed by atoms with van der Waals surface area (Å²) in [4.78, 5) is 4.01. The largest absolute Gasteiger partial charge is 0.489 e. The van der Waals surface area contributed by atoms with Crippen molar-refractivity contribution in [1.29, 1.82) is 0 Å². The SMILES string of the molecule is CCNC1CC(Oc2cccnc2)C1. The van der Waals surface area contributed by atoms with Crippen LogP contribution in [0.25, 0.3) is 0 Å². The fourth-order valence-corrected chi connectivity index (χ4v) is 1.73. The molecule has 2 rings (SSSR count). The quantitative estimate of drug-likeness (QED) is 0.786. The first-order valence-electron chi connectivity index (χ1n) is 5.18. The molecule has 0 unspecified atom stereocenters. The molecule has 1 aliphatic carbocycles. The number of rotatable bonds is 4. The predicted octanol–water partition coefficient (Wildman–Crippen LogP) is 1.60. The summed E-state index contributed by atoms with van der Waals surface area (Å²) >= 11 is 0. The lowest BCUT2D eigenvalue weighted by molar-refractivity contribution is 0.0856. The van der Waals surface area contributed by atoms with E-state index in [1.54, 1.807) is 12.4 Å². The van der Waals surface area contributed by atoms with Crippen molar-refractivity contribution in [3.8, 4) is 5.75 Å². The molecule has 0 bridgehead atoms. The van der Waals surface area contributed by atoms with Gasteiger partial charge in [0.1, 0.15) is 11.9 Å². The number of nitrogens with one attached hydrogen (secondary N) is 1. The minimum Gasteiger partial charge on any atom is -0.489 e. The van der Waals surface area contributed by atoms with E-state index >= 15 is 0 Å². The fourth-order valence-electron chi connectivity index (χ4n) is 1.73. The van der Waals surface area contributed by atoms with Crippen molar-refractivity contribution in [1.82, 2.24) is 10.3 Å². The summed E-state index contributed by atoms with van der Waals surface area (Å²) in [7, 11) is 0. The molecule has 0 spiro atoms. The average molecular weight is 192 g/mol. The maximum absolute atomic E-state index is 5.72. The number of pyridine rings is 1. The van der Waals surface area contributed by atoms with Gasteiger partial charge in [0.2, 0.25) is 0 Å². The Morgan fingerprint density at radius 1 is 1.57 bits per heavy atom. The third kappa shape index (κ3) is 2.23. The second kappa shape index (κ2) is 4.42. The van der Waals surface area contributed by atoms with E-state index < -0.39 is 0 Å². The highest BCUT2D eigenvalue weighted by molar-refractivity contribution is 5.16. The van der Waals surface area contributed by atoms with Gasteiger partial charge in [-0.05, 0) is 31.5 Å². The van der Waals surface area contributed by atoms with Gasteiger partial charge in [0, 0.05) is 12.2 Å². The Kier molecular flexibility index (Phi) is 2.99. The van der Waals surface area contributed by atoms with Crippen molar-refractivity contribution in [2.75, 3.05) is 6.54 Å². The van der Waals surface area contributed by atoms with Gasteiger partial charge in [-0.3, -0.25) is 4.98 Å². The van der Waals surface area contributed by atoms with Gasteiger partial charge in [-0.15, -0.1) is 0 Å². The van der Waals surface area contributed by atoms with Crippen molar-refractivity contribution >= 4 is 0 Å². The summed E-state index contributed by atoms with van der Waals surface area (Å²) in [6.45, 7) is 3.18. The Bertz CT molecular complexity index is 270. The molecule has 1 fully saturated rings. The molecule has 0 aromatic carbocycles. The first-order valence-corrected chi connectivity index (χ1v) is 5.18. The van der Waals surface area contributed by atoms with Crippen LogP contribution in [0.3, 0.4) is 0 Å². The lowest BCUT2D eigenvalue weighted by Gasteiger charge is -2.35. The standard InChI is InChI=1S/C11H16N2O/c1-2-13-9-6-11(7-9)14-10-4-3-5-12-8-10/h3-5,8-9,11,13H,2,6-7H2,1H3. The number of ether oxygens (including phenoxy) is 1. The highest BCUT2D eigenvalue weighted by Gasteiger charge is 2.29. The number of hydrogen-bond donors (Lipinski definition) is 1. The third-order valence-corrected chi connectivity index (χ3v) is 2.52. The van der Waals surface area contributed by atoms with Gasteiger partial charge in [0.25, 0.3) is 0 Å². The van der Waals surface area contributed by atoms with Crippen LogP contribution in [0.4, 0.5) is 0 Å². The van der Waals surface area contributed by atoms with E-state index in [1.807, 2.05) is 12.1 Å². The molecule has 76 valence electrons. The Morgan fingerprint density at radius 3 is 3.07 bits per heavy atom. The zero-order valence-corrected chi connectivity index (χ0v) is 8.44. The zero-order valence-electron chi connectivity index (χ0n) is 8.44. The Hall–Kier alpha value is -1.09. The lowest BCUT2D eigenvalue weighted by Crippen LogP contribution is -2.46. The summed E-state index contributed by atoms with van der Waals surface area (Å²) in [5.74, 6) is 0.882. The van der Waals surface area contributed by atoms with Crippen LogP contribution in [0.1, 0.15) is 19.8 Å². The summed E-state index contributed by atoms with van der Waals surface area (Å²) in [5.41, 5.74) is 0. The summed E-state index contributed by atoms with van der Waals surface area (Å²) in [6.07, 6.45) is 6.13. The van der Waals surface area contributed by atoms with Gasteiger partial charge in [0.05, 0.1) is 6.20 Å². The minimum atomic E-state index is 0.378. The normalized spacial score (nSPS) is 25.5. The molecule has 1 aliphatic rings. The predicted molar refractivity (Wildman–Crippen MR) is 55.4 cm³/mol. The van der Waals surface area contributed by atoms with E-state index in [0.717, 1.165) is 25.1 Å². The first kappa shape index (κ1) is 9.46. The Labute approximate surface area is 84.5 Å². The third-order valence-electron chi connectivity index (χ3n) is 2.52. The molecule has 1 aromatic rings. The van der Waals surface area contributed by atoms with Crippen LogP contribution in [0.2, 0.25) is 0 Å². The molecule has 0 atom stereocenters. The van der Waals surface area contributed by atoms with E-state index in [9.17, 15) is 0 Å². The molecule has 0 amide bonds. The minimum absolute atomic E-state index is 0.378. The molecule has 1 N–H and O–H groups in total. The van der Waals surface area contributed by atoms with Crippen LogP contribution in [-0.4, -0.2) is 23.7 Å². The molecule has 14 heavy (non-hydrogen) atoms. The van der Waals surface area contributed by atoms with Crippen molar-refractivity contribution in [3.63, 3.8) is 0 Å². The molecule has 3 nitrogen and oxygen atoms in total. The molecule has 1 saturated carbocycles. The van der Waals surface area contributed by atoms with Gasteiger partial charge in [-0.25, -0.2) is 0 Å². The van der Waals surface area contributed by atoms with Crippen LogP contribution >= 0.6 is 0 Å². The van der Waals surface area contributed by atoms with E-state index in [-0.39, 0.29) is 0 Å². The summed E-state index contributed by atoms with van der Waals surface area (Å²) in [6, 6.07) is 4.50. The monoisotopic (exact) mass is 192 g/mol. The molecule has 0 aliphatic heterocycles. The van der Waals surface area contributed by atoms with Crippen molar-refractivity contribution in [3.05, 3.63) is 24.5 Å².